The lowest BCUT2D eigenvalue weighted by atomic mass is 9.81. The van der Waals surface area contributed by atoms with Crippen LogP contribution in [0.3, 0.4) is 0 Å². The van der Waals surface area contributed by atoms with Crippen molar-refractivity contribution in [1.29, 1.82) is 0 Å². The maximum atomic E-state index is 12.9. The van der Waals surface area contributed by atoms with Crippen LogP contribution >= 0.6 is 12.4 Å². The number of benzene rings is 1. The fourth-order valence-electron chi connectivity index (χ4n) is 2.29. The van der Waals surface area contributed by atoms with Crippen LogP contribution in [0, 0.1) is 11.2 Å². The van der Waals surface area contributed by atoms with Crippen molar-refractivity contribution < 1.29 is 9.18 Å². The van der Waals surface area contributed by atoms with Gasteiger partial charge in [-0.2, -0.15) is 0 Å². The van der Waals surface area contributed by atoms with Crippen LogP contribution in [-0.4, -0.2) is 19.0 Å². The molecule has 0 aliphatic heterocycles. The van der Waals surface area contributed by atoms with Crippen molar-refractivity contribution in [1.82, 2.24) is 5.32 Å². The Bertz CT molecular complexity index is 424. The van der Waals surface area contributed by atoms with Crippen molar-refractivity contribution in [3.63, 3.8) is 0 Å². The maximum absolute atomic E-state index is 12.9. The summed E-state index contributed by atoms with van der Waals surface area (Å²) in [5.41, 5.74) is 6.30. The highest BCUT2D eigenvalue weighted by atomic mass is 35.5. The quantitative estimate of drug-likeness (QED) is 0.811. The minimum atomic E-state index is -0.470. The van der Waals surface area contributed by atoms with Gasteiger partial charge in [0.15, 0.2) is 0 Å². The third-order valence-corrected chi connectivity index (χ3v) is 4.23. The number of hydrogen-bond donors (Lipinski definition) is 2. The summed E-state index contributed by atoms with van der Waals surface area (Å²) in [4.78, 5) is 12.3. The van der Waals surface area contributed by atoms with Gasteiger partial charge >= 0.3 is 0 Å². The molecule has 1 unspecified atom stereocenters. The van der Waals surface area contributed by atoms with Gasteiger partial charge in [-0.25, -0.2) is 4.39 Å². The van der Waals surface area contributed by atoms with Gasteiger partial charge in [-0.15, -0.1) is 12.4 Å². The third-order valence-electron chi connectivity index (χ3n) is 4.23. The highest BCUT2D eigenvalue weighted by Gasteiger charge is 2.33. The second kappa shape index (κ2) is 9.00. The van der Waals surface area contributed by atoms with E-state index in [4.69, 9.17) is 5.73 Å². The van der Waals surface area contributed by atoms with Gasteiger partial charge in [-0.05, 0) is 36.5 Å². The Balaban J connectivity index is 0.00000400. The molecule has 1 aromatic rings. The normalized spacial score (nSPS) is 12.4. The average Bonchev–Trinajstić information content (AvgIpc) is 2.48. The Kier molecular flexibility index (Phi) is 8.52. The topological polar surface area (TPSA) is 55.1 Å². The predicted molar refractivity (Wildman–Crippen MR) is 87.1 cm³/mol. The summed E-state index contributed by atoms with van der Waals surface area (Å²) in [7, 11) is 0. The number of amides is 1. The Morgan fingerprint density at radius 1 is 1.29 bits per heavy atom. The lowest BCUT2D eigenvalue weighted by Gasteiger charge is -2.29. The van der Waals surface area contributed by atoms with Gasteiger partial charge in [0.25, 0.3) is 0 Å². The van der Waals surface area contributed by atoms with E-state index in [1.807, 2.05) is 20.8 Å². The molecule has 5 heteroatoms. The minimum Gasteiger partial charge on any atom is -0.355 e. The van der Waals surface area contributed by atoms with E-state index in [-0.39, 0.29) is 30.0 Å². The van der Waals surface area contributed by atoms with Gasteiger partial charge in [-0.1, -0.05) is 32.9 Å². The molecule has 0 saturated carbocycles. The Hall–Kier alpha value is -1.13. The fraction of sp³-hybridized carbons (Fsp3) is 0.562. The second-order valence-electron chi connectivity index (χ2n) is 5.35. The Morgan fingerprint density at radius 2 is 1.81 bits per heavy atom. The van der Waals surface area contributed by atoms with E-state index in [1.165, 1.54) is 12.1 Å². The molecule has 1 rings (SSSR count). The zero-order valence-electron chi connectivity index (χ0n) is 13.0. The van der Waals surface area contributed by atoms with Gasteiger partial charge in [0, 0.05) is 13.1 Å². The first-order chi connectivity index (χ1) is 9.49. The van der Waals surface area contributed by atoms with Gasteiger partial charge < -0.3 is 11.1 Å². The van der Waals surface area contributed by atoms with Crippen molar-refractivity contribution in [2.24, 2.45) is 11.1 Å². The van der Waals surface area contributed by atoms with E-state index < -0.39 is 5.41 Å². The molecule has 3 nitrogen and oxygen atoms in total. The van der Waals surface area contributed by atoms with Crippen molar-refractivity contribution in [3.05, 3.63) is 35.6 Å². The maximum Gasteiger partial charge on any atom is 0.227 e. The first kappa shape index (κ1) is 19.9. The largest absolute Gasteiger partial charge is 0.355 e. The van der Waals surface area contributed by atoms with Gasteiger partial charge in [0.2, 0.25) is 5.91 Å². The molecule has 3 N–H and O–H groups in total. The minimum absolute atomic E-state index is 0. The SMILES string of the molecule is CCC(CC)(CN)C(=O)NCC(C)c1ccc(F)cc1.Cl. The molecule has 0 saturated heterocycles. The van der Waals surface area contributed by atoms with E-state index in [0.29, 0.717) is 13.1 Å². The van der Waals surface area contributed by atoms with Crippen LogP contribution < -0.4 is 11.1 Å². The predicted octanol–water partition coefficient (Wildman–Crippen LogP) is 3.23. The second-order valence-corrected chi connectivity index (χ2v) is 5.35. The van der Waals surface area contributed by atoms with Crippen molar-refractivity contribution in [3.8, 4) is 0 Å². The molecular weight excluding hydrogens is 291 g/mol. The zero-order valence-corrected chi connectivity index (χ0v) is 13.8. The summed E-state index contributed by atoms with van der Waals surface area (Å²) in [6, 6.07) is 6.38. The number of nitrogens with two attached hydrogens (primary N) is 1. The summed E-state index contributed by atoms with van der Waals surface area (Å²) in [6.07, 6.45) is 1.47. The van der Waals surface area contributed by atoms with Crippen LogP contribution in [0.15, 0.2) is 24.3 Å². The molecule has 120 valence electrons. The van der Waals surface area contributed by atoms with Crippen LogP contribution in [0.1, 0.15) is 45.1 Å². The third kappa shape index (κ3) is 4.97. The average molecular weight is 317 g/mol. The van der Waals surface area contributed by atoms with E-state index in [2.05, 4.69) is 5.32 Å². The van der Waals surface area contributed by atoms with Crippen molar-refractivity contribution in [2.75, 3.05) is 13.1 Å². The number of carbonyl (C=O) groups excluding carboxylic acids is 1. The summed E-state index contributed by atoms with van der Waals surface area (Å²) in [5.74, 6) is -0.0909. The number of hydrogen-bond acceptors (Lipinski definition) is 2. The lowest BCUT2D eigenvalue weighted by molar-refractivity contribution is -0.131. The van der Waals surface area contributed by atoms with Crippen molar-refractivity contribution >= 4 is 18.3 Å². The number of nitrogens with one attached hydrogen (secondary N) is 1. The van der Waals surface area contributed by atoms with Crippen LogP contribution in [0.2, 0.25) is 0 Å². The number of rotatable bonds is 7. The van der Waals surface area contributed by atoms with E-state index >= 15 is 0 Å². The highest BCUT2D eigenvalue weighted by molar-refractivity contribution is 5.85. The standard InChI is InChI=1S/C16H25FN2O.ClH/c1-4-16(5-2,11-18)15(20)19-10-12(3)13-6-8-14(17)9-7-13;/h6-9,12H,4-5,10-11,18H2,1-3H3,(H,19,20);1H. The molecule has 0 fully saturated rings. The van der Waals surface area contributed by atoms with Crippen LogP contribution in [0.4, 0.5) is 4.39 Å². The summed E-state index contributed by atoms with van der Waals surface area (Å²) >= 11 is 0. The monoisotopic (exact) mass is 316 g/mol. The van der Waals surface area contributed by atoms with Crippen LogP contribution in [-0.2, 0) is 4.79 Å². The number of carbonyl (C=O) groups is 1. The molecule has 0 aliphatic carbocycles. The first-order valence-corrected chi connectivity index (χ1v) is 7.23. The smallest absolute Gasteiger partial charge is 0.227 e. The molecule has 0 aromatic heterocycles. The van der Waals surface area contributed by atoms with Gasteiger partial charge in [0.05, 0.1) is 5.41 Å². The highest BCUT2D eigenvalue weighted by Crippen LogP contribution is 2.25. The number of halogens is 2. The molecule has 0 aliphatic rings. The first-order valence-electron chi connectivity index (χ1n) is 7.23. The van der Waals surface area contributed by atoms with Crippen LogP contribution in [0.5, 0.6) is 0 Å². The van der Waals surface area contributed by atoms with Gasteiger partial charge in [0.1, 0.15) is 5.82 Å². The van der Waals surface area contributed by atoms with Gasteiger partial charge in [-0.3, -0.25) is 4.79 Å². The molecule has 0 bridgehead atoms. The molecule has 21 heavy (non-hydrogen) atoms. The fourth-order valence-corrected chi connectivity index (χ4v) is 2.29. The molecule has 0 spiro atoms. The zero-order chi connectivity index (χ0) is 15.2. The molecule has 1 amide bonds. The van der Waals surface area contributed by atoms with Crippen LogP contribution in [0.25, 0.3) is 0 Å². The Morgan fingerprint density at radius 3 is 2.24 bits per heavy atom. The molecule has 0 radical (unpaired) electrons. The molecule has 0 heterocycles. The summed E-state index contributed by atoms with van der Waals surface area (Å²) in [5, 5.41) is 2.98. The lowest BCUT2D eigenvalue weighted by Crippen LogP contribution is -2.46. The molecule has 1 aromatic carbocycles. The van der Waals surface area contributed by atoms with E-state index in [0.717, 1.165) is 18.4 Å². The van der Waals surface area contributed by atoms with E-state index in [1.54, 1.807) is 12.1 Å². The Labute approximate surface area is 132 Å². The van der Waals surface area contributed by atoms with E-state index in [9.17, 15) is 9.18 Å². The molecular formula is C16H26ClFN2O. The summed E-state index contributed by atoms with van der Waals surface area (Å²) < 4.78 is 12.9. The summed E-state index contributed by atoms with van der Waals surface area (Å²) in [6.45, 7) is 6.87. The molecule has 1 atom stereocenters. The van der Waals surface area contributed by atoms with Crippen molar-refractivity contribution in [2.45, 2.75) is 39.5 Å².